The number of fused-ring (bicyclic) bond motifs is 4. The van der Waals surface area contributed by atoms with E-state index in [2.05, 4.69) is 16.3 Å². The number of amides is 1. The van der Waals surface area contributed by atoms with Gasteiger partial charge in [-0.15, -0.1) is 5.10 Å². The quantitative estimate of drug-likeness (QED) is 0.532. The van der Waals surface area contributed by atoms with E-state index in [-0.39, 0.29) is 34.5 Å². The van der Waals surface area contributed by atoms with E-state index < -0.39 is 17.3 Å². The lowest BCUT2D eigenvalue weighted by Crippen LogP contribution is -2.47. The highest BCUT2D eigenvalue weighted by atomic mass is 35.5. The summed E-state index contributed by atoms with van der Waals surface area (Å²) in [5, 5.41) is 17.9. The van der Waals surface area contributed by atoms with Gasteiger partial charge in [-0.2, -0.15) is 5.26 Å². The average Bonchev–Trinajstić information content (AvgIpc) is 3.35. The summed E-state index contributed by atoms with van der Waals surface area (Å²) in [6.07, 6.45) is 0. The van der Waals surface area contributed by atoms with E-state index in [1.165, 1.54) is 12.0 Å². The SMILES string of the molecule is COC(=O)CN1C(=O)C2(C(C#N)=C(N)Oc3n[nH]c(-c4ccc(Cl)c(Cl)c4)c32)c2ccccc21. The number of anilines is 1. The lowest BCUT2D eigenvalue weighted by molar-refractivity contribution is -0.140. The van der Waals surface area contributed by atoms with Crippen LogP contribution in [0, 0.1) is 11.3 Å². The Morgan fingerprint density at radius 1 is 1.29 bits per heavy atom. The minimum atomic E-state index is -1.72. The van der Waals surface area contributed by atoms with Crippen molar-refractivity contribution in [2.24, 2.45) is 5.73 Å². The van der Waals surface area contributed by atoms with E-state index in [1.54, 1.807) is 42.5 Å². The summed E-state index contributed by atoms with van der Waals surface area (Å²) >= 11 is 12.3. The van der Waals surface area contributed by atoms with Gasteiger partial charge >= 0.3 is 5.97 Å². The van der Waals surface area contributed by atoms with Crippen LogP contribution >= 0.6 is 23.2 Å². The highest BCUT2D eigenvalue weighted by Crippen LogP contribution is 2.57. The van der Waals surface area contributed by atoms with Gasteiger partial charge in [0.1, 0.15) is 23.6 Å². The van der Waals surface area contributed by atoms with Crippen LogP contribution in [-0.2, 0) is 19.7 Å². The van der Waals surface area contributed by atoms with Crippen LogP contribution in [0.3, 0.4) is 0 Å². The molecule has 0 bridgehead atoms. The molecule has 3 heterocycles. The van der Waals surface area contributed by atoms with Crippen molar-refractivity contribution >= 4 is 40.8 Å². The third kappa shape index (κ3) is 2.83. The monoisotopic (exact) mass is 495 g/mol. The number of aromatic nitrogens is 2. The lowest BCUT2D eigenvalue weighted by atomic mass is 9.68. The molecule has 0 saturated heterocycles. The molecule has 2 aliphatic heterocycles. The third-order valence-electron chi connectivity index (χ3n) is 5.94. The number of hydrogen-bond donors (Lipinski definition) is 2. The molecule has 9 nitrogen and oxygen atoms in total. The molecular weight excluding hydrogens is 481 g/mol. The van der Waals surface area contributed by atoms with Crippen LogP contribution < -0.4 is 15.4 Å². The molecule has 3 aromatic rings. The average molecular weight is 496 g/mol. The number of carbonyl (C=O) groups excluding carboxylic acids is 2. The molecule has 0 radical (unpaired) electrons. The molecule has 1 spiro atoms. The molecule has 1 unspecified atom stereocenters. The number of rotatable bonds is 3. The molecule has 1 amide bonds. The minimum absolute atomic E-state index is 0.0284. The Balaban J connectivity index is 1.85. The van der Waals surface area contributed by atoms with E-state index in [4.69, 9.17) is 38.4 Å². The molecule has 11 heteroatoms. The van der Waals surface area contributed by atoms with Gasteiger partial charge in [-0.05, 0) is 18.2 Å². The fourth-order valence-corrected chi connectivity index (χ4v) is 4.80. The van der Waals surface area contributed by atoms with Gasteiger partial charge in [0.05, 0.1) is 28.4 Å². The van der Waals surface area contributed by atoms with Crippen molar-refractivity contribution in [2.75, 3.05) is 18.6 Å². The Hall–Kier alpha value is -4.00. The van der Waals surface area contributed by atoms with E-state index in [1.807, 2.05) is 0 Å². The van der Waals surface area contributed by atoms with Crippen LogP contribution in [0.15, 0.2) is 53.9 Å². The number of ether oxygens (including phenoxy) is 2. The molecule has 0 saturated carbocycles. The summed E-state index contributed by atoms with van der Waals surface area (Å²) in [4.78, 5) is 27.6. The Labute approximate surface area is 203 Å². The van der Waals surface area contributed by atoms with Gasteiger partial charge < -0.3 is 15.2 Å². The number of aromatic amines is 1. The number of nitrogens with zero attached hydrogens (tertiary/aromatic N) is 3. The van der Waals surface area contributed by atoms with Crippen LogP contribution in [0.1, 0.15) is 11.1 Å². The smallest absolute Gasteiger partial charge is 0.325 e. The number of para-hydroxylation sites is 1. The number of hydrogen-bond acceptors (Lipinski definition) is 7. The van der Waals surface area contributed by atoms with E-state index in [9.17, 15) is 14.9 Å². The molecule has 0 fully saturated rings. The number of nitrogens with one attached hydrogen (secondary N) is 1. The van der Waals surface area contributed by atoms with E-state index >= 15 is 0 Å². The number of halogens is 2. The molecule has 2 aliphatic rings. The maximum Gasteiger partial charge on any atom is 0.325 e. The Morgan fingerprint density at radius 3 is 2.76 bits per heavy atom. The van der Waals surface area contributed by atoms with E-state index in [0.29, 0.717) is 27.5 Å². The molecule has 5 rings (SSSR count). The highest BCUT2D eigenvalue weighted by Gasteiger charge is 2.61. The second-order valence-electron chi connectivity index (χ2n) is 7.60. The molecule has 0 aliphatic carbocycles. The Morgan fingerprint density at radius 2 is 2.06 bits per heavy atom. The van der Waals surface area contributed by atoms with Crippen molar-refractivity contribution in [1.82, 2.24) is 10.2 Å². The van der Waals surface area contributed by atoms with Crippen molar-refractivity contribution in [3.05, 3.63) is 75.1 Å². The number of H-pyrrole nitrogens is 1. The fourth-order valence-electron chi connectivity index (χ4n) is 4.50. The van der Waals surface area contributed by atoms with Crippen LogP contribution in [0.4, 0.5) is 5.69 Å². The minimum Gasteiger partial charge on any atom is -0.468 e. The maximum atomic E-state index is 14.2. The molecule has 1 aromatic heterocycles. The van der Waals surface area contributed by atoms with Crippen molar-refractivity contribution in [1.29, 1.82) is 5.26 Å². The van der Waals surface area contributed by atoms with Crippen LogP contribution in [0.5, 0.6) is 5.88 Å². The second kappa shape index (κ2) is 7.80. The molecule has 3 N–H and O–H groups in total. The summed E-state index contributed by atoms with van der Waals surface area (Å²) in [5.41, 5.74) is 6.40. The lowest BCUT2D eigenvalue weighted by Gasteiger charge is -2.32. The van der Waals surface area contributed by atoms with Gasteiger partial charge in [0.15, 0.2) is 0 Å². The normalized spacial score (nSPS) is 18.4. The van der Waals surface area contributed by atoms with Gasteiger partial charge in [-0.25, -0.2) is 0 Å². The molecule has 2 aromatic carbocycles. The standard InChI is InChI=1S/C23H15Cl2N5O4/c1-33-17(31)10-30-16-5-3-2-4-12(16)23(22(30)32)13(9-26)20(27)34-21-18(23)19(28-29-21)11-6-7-14(24)15(25)8-11/h2-8H,10,27H2,1H3,(H,28,29). The maximum absolute atomic E-state index is 14.2. The topological polar surface area (TPSA) is 134 Å². The first-order valence-corrected chi connectivity index (χ1v) is 10.7. The summed E-state index contributed by atoms with van der Waals surface area (Å²) < 4.78 is 10.4. The molecular formula is C23H15Cl2N5O4. The summed E-state index contributed by atoms with van der Waals surface area (Å²) in [7, 11) is 1.23. The molecule has 170 valence electrons. The van der Waals surface area contributed by atoms with E-state index in [0.717, 1.165) is 0 Å². The summed E-state index contributed by atoms with van der Waals surface area (Å²) in [6.45, 7) is -0.358. The van der Waals surface area contributed by atoms with Crippen LogP contribution in [0.2, 0.25) is 10.0 Å². The summed E-state index contributed by atoms with van der Waals surface area (Å²) in [6, 6.07) is 13.8. The van der Waals surface area contributed by atoms with Crippen LogP contribution in [-0.4, -0.2) is 35.7 Å². The number of esters is 1. The second-order valence-corrected chi connectivity index (χ2v) is 8.41. The predicted octanol–water partition coefficient (Wildman–Crippen LogP) is 3.28. The predicted molar refractivity (Wildman–Crippen MR) is 123 cm³/mol. The highest BCUT2D eigenvalue weighted by molar-refractivity contribution is 6.42. The van der Waals surface area contributed by atoms with Crippen molar-refractivity contribution in [3.63, 3.8) is 0 Å². The Kier molecular flexibility index (Phi) is 5.01. The van der Waals surface area contributed by atoms with Gasteiger partial charge in [0, 0.05) is 16.8 Å². The largest absolute Gasteiger partial charge is 0.468 e. The van der Waals surface area contributed by atoms with Gasteiger partial charge in [-0.3, -0.25) is 19.6 Å². The molecule has 34 heavy (non-hydrogen) atoms. The third-order valence-corrected chi connectivity index (χ3v) is 6.67. The summed E-state index contributed by atoms with van der Waals surface area (Å²) in [5.74, 6) is -1.42. The first-order valence-electron chi connectivity index (χ1n) is 9.95. The van der Waals surface area contributed by atoms with Gasteiger partial charge in [0.2, 0.25) is 17.7 Å². The Bertz CT molecular complexity index is 1460. The zero-order valence-electron chi connectivity index (χ0n) is 17.6. The number of methoxy groups -OCH3 is 1. The fraction of sp³-hybridized carbons (Fsp3) is 0.130. The zero-order valence-corrected chi connectivity index (χ0v) is 19.1. The first-order chi connectivity index (χ1) is 16.3. The van der Waals surface area contributed by atoms with Gasteiger partial charge in [-0.1, -0.05) is 47.5 Å². The molecule has 1 atom stereocenters. The zero-order chi connectivity index (χ0) is 24.2. The van der Waals surface area contributed by atoms with Crippen molar-refractivity contribution in [3.8, 4) is 23.2 Å². The first kappa shape index (κ1) is 21.8. The van der Waals surface area contributed by atoms with Crippen molar-refractivity contribution < 1.29 is 19.1 Å². The van der Waals surface area contributed by atoms with Crippen molar-refractivity contribution in [2.45, 2.75) is 5.41 Å². The number of nitriles is 1. The number of carbonyl (C=O) groups is 2. The van der Waals surface area contributed by atoms with Crippen LogP contribution in [0.25, 0.3) is 11.3 Å². The van der Waals surface area contributed by atoms with Gasteiger partial charge in [0.25, 0.3) is 0 Å². The number of benzene rings is 2. The number of nitrogens with two attached hydrogens (primary N) is 1.